The Morgan fingerprint density at radius 2 is 2.08 bits per heavy atom. The highest BCUT2D eigenvalue weighted by Crippen LogP contribution is 2.51. The fourth-order valence-electron chi connectivity index (χ4n) is 3.47. The Morgan fingerprint density at radius 3 is 2.68 bits per heavy atom. The lowest BCUT2D eigenvalue weighted by Crippen LogP contribution is -2.47. The number of aliphatic hydroxyl groups is 2. The van der Waals surface area contributed by atoms with Gasteiger partial charge in [0.1, 0.15) is 18.0 Å². The lowest BCUT2D eigenvalue weighted by atomic mass is 9.95. The van der Waals surface area contributed by atoms with Gasteiger partial charge in [0.2, 0.25) is 0 Å². The number of anilines is 1. The van der Waals surface area contributed by atoms with Gasteiger partial charge in [-0.05, 0) is 26.0 Å². The van der Waals surface area contributed by atoms with Crippen LogP contribution in [0.25, 0.3) is 0 Å². The van der Waals surface area contributed by atoms with Crippen molar-refractivity contribution in [2.45, 2.75) is 50.9 Å². The quantitative estimate of drug-likeness (QED) is 0.220. The second kappa shape index (κ2) is 11.6. The molecular formula is C24H29FN3O9P. The summed E-state index contributed by atoms with van der Waals surface area (Å²) in [5, 5.41) is 21.8. The van der Waals surface area contributed by atoms with Crippen molar-refractivity contribution in [1.29, 1.82) is 0 Å². The number of hydrogen-bond acceptors (Lipinski definition) is 11. The second-order valence-electron chi connectivity index (χ2n) is 8.78. The minimum atomic E-state index is -4.62. The van der Waals surface area contributed by atoms with E-state index < -0.39 is 79.7 Å². The van der Waals surface area contributed by atoms with Gasteiger partial charge in [0.25, 0.3) is 0 Å². The summed E-state index contributed by atoms with van der Waals surface area (Å²) >= 11 is 0. The van der Waals surface area contributed by atoms with E-state index in [4.69, 9.17) is 33.4 Å². The first kappa shape index (κ1) is 26.3. The maximum absolute atomic E-state index is 14.1. The average molecular weight is 555 g/mol. The maximum Gasteiger partial charge on any atom is 0.380 e. The Labute approximate surface area is 220 Å². The number of rotatable bonds is 10. The number of carbonyl (C=O) groups is 1. The number of esters is 1. The number of aliphatic hydroxyl groups excluding tert-OH is 1. The van der Waals surface area contributed by atoms with Crippen molar-refractivity contribution in [3.8, 4) is 18.1 Å². The molecule has 1 aliphatic rings. The van der Waals surface area contributed by atoms with Gasteiger partial charge in [-0.2, -0.15) is 4.98 Å². The number of terminal acetylenes is 1. The molecule has 1 aromatic heterocycles. The van der Waals surface area contributed by atoms with E-state index in [0.717, 1.165) is 0 Å². The van der Waals surface area contributed by atoms with E-state index in [1.165, 1.54) is 19.1 Å². The number of nitrogen functional groups attached to an aromatic ring is 1. The Kier molecular flexibility index (Phi) is 8.06. The molecule has 0 spiro atoms. The van der Waals surface area contributed by atoms with Crippen LogP contribution in [0.1, 0.15) is 29.7 Å². The van der Waals surface area contributed by atoms with Gasteiger partial charge >= 0.3 is 19.3 Å². The van der Waals surface area contributed by atoms with Crippen molar-refractivity contribution in [3.05, 3.63) is 52.8 Å². The van der Waals surface area contributed by atoms with Gasteiger partial charge in [-0.25, -0.2) is 13.8 Å². The molecule has 14 heteroatoms. The van der Waals surface area contributed by atoms with Crippen LogP contribution in [-0.4, -0.2) is 62.4 Å². The molecule has 0 aliphatic carbocycles. The van der Waals surface area contributed by atoms with Crippen LogP contribution in [0.5, 0.6) is 5.75 Å². The summed E-state index contributed by atoms with van der Waals surface area (Å²) < 4.78 is 66.7. The highest BCUT2D eigenvalue weighted by molar-refractivity contribution is 7.54. The van der Waals surface area contributed by atoms with E-state index >= 15 is 0 Å². The van der Waals surface area contributed by atoms with Crippen molar-refractivity contribution in [2.75, 3.05) is 18.5 Å². The standard InChI is InChI=1S/C24H29FN3O9P/c1-5-24(32)19(29)18(36-22(24)28-11-17(25)20(26)27-23(28)31)12-34-38(33,37-16-9-7-6-8-10-16)13-15(4)21(30)35-14(2)3/h1,6-11,14-15,18-19,22,29,32H,12-13H2,2-4H3,(H2,26,27,31)/t15-,18-,19+,22-,24?,38+/m1/s1/i12D2. The molecule has 6 atom stereocenters. The highest BCUT2D eigenvalue weighted by Gasteiger charge is 2.56. The van der Waals surface area contributed by atoms with Gasteiger partial charge in [-0.1, -0.05) is 31.0 Å². The Morgan fingerprint density at radius 1 is 1.42 bits per heavy atom. The molecule has 0 amide bonds. The predicted molar refractivity (Wildman–Crippen MR) is 132 cm³/mol. The number of hydrogen-bond donors (Lipinski definition) is 3. The predicted octanol–water partition coefficient (Wildman–Crippen LogP) is 1.46. The molecule has 4 N–H and O–H groups in total. The molecule has 1 aromatic carbocycles. The lowest BCUT2D eigenvalue weighted by Gasteiger charge is -2.26. The van der Waals surface area contributed by atoms with Gasteiger partial charge < -0.3 is 29.9 Å². The number of ether oxygens (including phenoxy) is 2. The molecule has 1 unspecified atom stereocenters. The largest absolute Gasteiger partial charge is 0.463 e. The summed E-state index contributed by atoms with van der Waals surface area (Å²) in [4.78, 5) is 28.0. The summed E-state index contributed by atoms with van der Waals surface area (Å²) in [6.07, 6.45) is -1.84. The molecule has 12 nitrogen and oxygen atoms in total. The van der Waals surface area contributed by atoms with Crippen LogP contribution in [0.15, 0.2) is 41.3 Å². The third-order valence-electron chi connectivity index (χ3n) is 5.35. The van der Waals surface area contributed by atoms with Gasteiger partial charge in [0, 0.05) is 0 Å². The Hall–Kier alpha value is -3.27. The monoisotopic (exact) mass is 555 g/mol. The lowest BCUT2D eigenvalue weighted by molar-refractivity contribution is -0.151. The van der Waals surface area contributed by atoms with Crippen molar-refractivity contribution in [1.82, 2.24) is 9.55 Å². The molecule has 206 valence electrons. The summed E-state index contributed by atoms with van der Waals surface area (Å²) in [5.41, 5.74) is 1.24. The third kappa shape index (κ3) is 6.40. The molecule has 0 radical (unpaired) electrons. The molecule has 1 saturated heterocycles. The molecule has 3 rings (SSSR count). The van der Waals surface area contributed by atoms with Crippen LogP contribution in [0.3, 0.4) is 0 Å². The van der Waals surface area contributed by atoms with E-state index in [9.17, 15) is 28.8 Å². The summed E-state index contributed by atoms with van der Waals surface area (Å²) in [6.45, 7) is 1.34. The van der Waals surface area contributed by atoms with Crippen LogP contribution in [0.4, 0.5) is 10.2 Å². The van der Waals surface area contributed by atoms with Gasteiger partial charge in [0.05, 0.1) is 33.7 Å². The van der Waals surface area contributed by atoms with Gasteiger partial charge in [-0.15, -0.1) is 6.42 Å². The molecule has 2 heterocycles. The highest BCUT2D eigenvalue weighted by atomic mass is 31.2. The van der Waals surface area contributed by atoms with Crippen LogP contribution >= 0.6 is 7.60 Å². The van der Waals surface area contributed by atoms with Gasteiger partial charge in [0.15, 0.2) is 23.5 Å². The molecule has 0 saturated carbocycles. The zero-order chi connectivity index (χ0) is 30.0. The fraction of sp³-hybridized carbons (Fsp3) is 0.458. The third-order valence-corrected chi connectivity index (χ3v) is 7.22. The zero-order valence-corrected chi connectivity index (χ0v) is 21.6. The van der Waals surface area contributed by atoms with Crippen molar-refractivity contribution in [2.24, 2.45) is 5.92 Å². The summed E-state index contributed by atoms with van der Waals surface area (Å²) in [5.74, 6) is -1.98. The topological polar surface area (TPSA) is 172 Å². The van der Waals surface area contributed by atoms with E-state index in [1.807, 2.05) is 5.92 Å². The Bertz CT molecular complexity index is 1390. The average Bonchev–Trinajstić information content (AvgIpc) is 3.12. The Balaban J connectivity index is 1.98. The van der Waals surface area contributed by atoms with Crippen LogP contribution in [-0.2, 0) is 23.4 Å². The first-order chi connectivity index (χ1) is 18.5. The molecule has 1 fully saturated rings. The van der Waals surface area contributed by atoms with E-state index in [2.05, 4.69) is 4.98 Å². The normalized spacial score (nSPS) is 26.5. The maximum atomic E-state index is 14.1. The molecule has 2 aromatic rings. The van der Waals surface area contributed by atoms with E-state index in [0.29, 0.717) is 10.8 Å². The van der Waals surface area contributed by atoms with Crippen LogP contribution in [0, 0.1) is 24.1 Å². The minimum absolute atomic E-state index is 0.00642. The fourth-order valence-corrected chi connectivity index (χ4v) is 5.19. The number of carbonyl (C=O) groups excluding carboxylic acids is 1. The number of aromatic nitrogens is 2. The molecular weight excluding hydrogens is 524 g/mol. The first-order valence-corrected chi connectivity index (χ1v) is 13.1. The number of halogens is 1. The number of nitrogens with two attached hydrogens (primary N) is 1. The van der Waals surface area contributed by atoms with Crippen molar-refractivity contribution in [3.63, 3.8) is 0 Å². The van der Waals surface area contributed by atoms with Gasteiger partial charge in [-0.3, -0.25) is 13.9 Å². The SMILES string of the molecule is [2H]C([2H])(O[P@@](=O)(C[C@@H](C)C(=O)OC(C)C)Oc1ccccc1)[C@H]1O[C@@H](n2cc(F)c(N)nc2=O)C(O)(C#C)[C@H]1O. The molecule has 38 heavy (non-hydrogen) atoms. The summed E-state index contributed by atoms with van der Waals surface area (Å²) in [6, 6.07) is 7.55. The van der Waals surface area contributed by atoms with Crippen molar-refractivity contribution >= 4 is 19.4 Å². The second-order valence-corrected chi connectivity index (χ2v) is 10.7. The number of nitrogens with zero attached hydrogens (tertiary/aromatic N) is 2. The van der Waals surface area contributed by atoms with Crippen molar-refractivity contribution < 1.29 is 45.2 Å². The van der Waals surface area contributed by atoms with Crippen LogP contribution in [0.2, 0.25) is 0 Å². The molecule has 1 aliphatic heterocycles. The minimum Gasteiger partial charge on any atom is -0.463 e. The molecule has 0 bridgehead atoms. The van der Waals surface area contributed by atoms with Crippen LogP contribution < -0.4 is 15.9 Å². The summed E-state index contributed by atoms with van der Waals surface area (Å²) in [7, 11) is -4.62. The first-order valence-electron chi connectivity index (χ1n) is 12.4. The van der Waals surface area contributed by atoms with E-state index in [1.54, 1.807) is 32.0 Å². The number of para-hydroxylation sites is 1. The smallest absolute Gasteiger partial charge is 0.380 e. The van der Waals surface area contributed by atoms with E-state index in [-0.39, 0.29) is 5.75 Å². The zero-order valence-electron chi connectivity index (χ0n) is 22.7. The number of benzene rings is 1.